The molecule has 0 aromatic carbocycles. The van der Waals surface area contributed by atoms with Crippen molar-refractivity contribution in [2.24, 2.45) is 5.41 Å². The van der Waals surface area contributed by atoms with Gasteiger partial charge in [0.25, 0.3) is 0 Å². The molecule has 4 nitrogen and oxygen atoms in total. The third-order valence-electron chi connectivity index (χ3n) is 3.79. The molecule has 1 N–H and O–H groups in total. The van der Waals surface area contributed by atoms with Gasteiger partial charge in [-0.2, -0.15) is 0 Å². The first-order valence-electron chi connectivity index (χ1n) is 7.42. The van der Waals surface area contributed by atoms with Crippen LogP contribution in [-0.4, -0.2) is 43.8 Å². The summed E-state index contributed by atoms with van der Waals surface area (Å²) < 4.78 is 11.1. The number of nitrogens with one attached hydrogen (secondary N) is 1. The van der Waals surface area contributed by atoms with E-state index >= 15 is 0 Å². The lowest BCUT2D eigenvalue weighted by atomic mass is 9.85. The van der Waals surface area contributed by atoms with Gasteiger partial charge in [0.1, 0.15) is 5.76 Å². The Hall–Kier alpha value is -0.840. The number of ether oxygens (including phenoxy) is 1. The van der Waals surface area contributed by atoms with Gasteiger partial charge in [0.05, 0.1) is 19.4 Å². The van der Waals surface area contributed by atoms with Gasteiger partial charge in [-0.3, -0.25) is 4.90 Å². The third-order valence-corrected chi connectivity index (χ3v) is 3.79. The van der Waals surface area contributed by atoms with Gasteiger partial charge >= 0.3 is 0 Å². The van der Waals surface area contributed by atoms with E-state index in [-0.39, 0.29) is 11.0 Å². The molecule has 2 rings (SSSR count). The predicted octanol–water partition coefficient (Wildman–Crippen LogP) is 2.51. The number of rotatable bonds is 6. The SMILES string of the molecule is CN(Cc1ccco1)CC1(CNC(C)(C)C)CCOC1. The molecule has 0 saturated carbocycles. The van der Waals surface area contributed by atoms with Crippen molar-refractivity contribution in [3.8, 4) is 0 Å². The van der Waals surface area contributed by atoms with E-state index in [0.717, 1.165) is 45.0 Å². The van der Waals surface area contributed by atoms with Crippen molar-refractivity contribution >= 4 is 0 Å². The second kappa shape index (κ2) is 6.29. The summed E-state index contributed by atoms with van der Waals surface area (Å²) in [6.07, 6.45) is 2.86. The number of hydrogen-bond acceptors (Lipinski definition) is 4. The van der Waals surface area contributed by atoms with Crippen LogP contribution in [0.1, 0.15) is 33.0 Å². The molecule has 0 spiro atoms. The second-order valence-corrected chi connectivity index (χ2v) is 7.16. The van der Waals surface area contributed by atoms with Crippen LogP contribution in [0.5, 0.6) is 0 Å². The number of hydrogen-bond donors (Lipinski definition) is 1. The summed E-state index contributed by atoms with van der Waals surface area (Å²) in [5, 5.41) is 3.64. The van der Waals surface area contributed by atoms with Crippen LogP contribution in [0.15, 0.2) is 22.8 Å². The van der Waals surface area contributed by atoms with E-state index in [0.29, 0.717) is 0 Å². The van der Waals surface area contributed by atoms with Gasteiger partial charge in [-0.05, 0) is 46.4 Å². The van der Waals surface area contributed by atoms with Crippen molar-refractivity contribution in [3.05, 3.63) is 24.2 Å². The molecule has 1 saturated heterocycles. The molecule has 1 aromatic rings. The van der Waals surface area contributed by atoms with Crippen LogP contribution in [0, 0.1) is 5.41 Å². The minimum atomic E-state index is 0.148. The number of furan rings is 1. The molecule has 0 amide bonds. The predicted molar refractivity (Wildman–Crippen MR) is 80.7 cm³/mol. The molecular weight excluding hydrogens is 252 g/mol. The zero-order chi connectivity index (χ0) is 14.6. The molecule has 4 heteroatoms. The molecule has 1 aromatic heterocycles. The van der Waals surface area contributed by atoms with Crippen molar-refractivity contribution < 1.29 is 9.15 Å². The quantitative estimate of drug-likeness (QED) is 0.869. The molecule has 114 valence electrons. The topological polar surface area (TPSA) is 37.6 Å². The zero-order valence-corrected chi connectivity index (χ0v) is 13.2. The van der Waals surface area contributed by atoms with E-state index in [1.54, 1.807) is 6.26 Å². The van der Waals surface area contributed by atoms with Crippen LogP contribution >= 0.6 is 0 Å². The van der Waals surface area contributed by atoms with Crippen LogP contribution < -0.4 is 5.32 Å². The maximum absolute atomic E-state index is 5.67. The summed E-state index contributed by atoms with van der Waals surface area (Å²) in [7, 11) is 2.15. The first kappa shape index (κ1) is 15.5. The fourth-order valence-corrected chi connectivity index (χ4v) is 2.72. The van der Waals surface area contributed by atoms with Gasteiger partial charge in [-0.15, -0.1) is 0 Å². The van der Waals surface area contributed by atoms with Gasteiger partial charge in [-0.1, -0.05) is 0 Å². The fraction of sp³-hybridized carbons (Fsp3) is 0.750. The summed E-state index contributed by atoms with van der Waals surface area (Å²) in [4.78, 5) is 2.33. The molecule has 20 heavy (non-hydrogen) atoms. The minimum absolute atomic E-state index is 0.148. The van der Waals surface area contributed by atoms with Gasteiger partial charge < -0.3 is 14.5 Å². The second-order valence-electron chi connectivity index (χ2n) is 7.16. The lowest BCUT2D eigenvalue weighted by molar-refractivity contribution is 0.108. The van der Waals surface area contributed by atoms with Crippen molar-refractivity contribution in [2.45, 2.75) is 39.3 Å². The third kappa shape index (κ3) is 4.62. The van der Waals surface area contributed by atoms with Gasteiger partial charge in [0.2, 0.25) is 0 Å². The monoisotopic (exact) mass is 280 g/mol. The lowest BCUT2D eigenvalue weighted by Gasteiger charge is -2.35. The average molecular weight is 280 g/mol. The maximum Gasteiger partial charge on any atom is 0.117 e. The Bertz CT molecular complexity index is 389. The molecule has 2 heterocycles. The summed E-state index contributed by atoms with van der Waals surface area (Å²) in [5.41, 5.74) is 0.365. The molecule has 1 fully saturated rings. The van der Waals surface area contributed by atoms with Gasteiger partial charge in [0, 0.05) is 30.7 Å². The molecule has 1 aliphatic rings. The summed E-state index contributed by atoms with van der Waals surface area (Å²) >= 11 is 0. The van der Waals surface area contributed by atoms with E-state index in [1.165, 1.54) is 0 Å². The summed E-state index contributed by atoms with van der Waals surface area (Å²) in [5.74, 6) is 1.02. The smallest absolute Gasteiger partial charge is 0.117 e. The molecule has 1 aliphatic heterocycles. The highest BCUT2D eigenvalue weighted by Gasteiger charge is 2.36. The van der Waals surface area contributed by atoms with Crippen molar-refractivity contribution in [2.75, 3.05) is 33.4 Å². The van der Waals surface area contributed by atoms with E-state index in [9.17, 15) is 0 Å². The van der Waals surface area contributed by atoms with Crippen LogP contribution in [0.3, 0.4) is 0 Å². The normalized spacial score (nSPS) is 23.6. The highest BCUT2D eigenvalue weighted by atomic mass is 16.5. The Balaban J connectivity index is 1.91. The van der Waals surface area contributed by atoms with Gasteiger partial charge in [-0.25, -0.2) is 0 Å². The Morgan fingerprint density at radius 2 is 2.20 bits per heavy atom. The highest BCUT2D eigenvalue weighted by Crippen LogP contribution is 2.30. The summed E-state index contributed by atoms with van der Waals surface area (Å²) in [6.45, 7) is 11.2. The number of nitrogens with zero attached hydrogens (tertiary/aromatic N) is 1. The van der Waals surface area contributed by atoms with E-state index < -0.39 is 0 Å². The van der Waals surface area contributed by atoms with E-state index in [1.807, 2.05) is 12.1 Å². The van der Waals surface area contributed by atoms with Crippen LogP contribution in [-0.2, 0) is 11.3 Å². The molecule has 0 aliphatic carbocycles. The first-order valence-corrected chi connectivity index (χ1v) is 7.42. The van der Waals surface area contributed by atoms with Crippen LogP contribution in [0.25, 0.3) is 0 Å². The van der Waals surface area contributed by atoms with Crippen molar-refractivity contribution in [3.63, 3.8) is 0 Å². The summed E-state index contributed by atoms with van der Waals surface area (Å²) in [6, 6.07) is 3.97. The standard InChI is InChI=1S/C16H28N2O2/c1-15(2,3)17-11-16(7-9-19-13-16)12-18(4)10-14-6-5-8-20-14/h5-6,8,17H,7,9-13H2,1-4H3. The molecule has 1 unspecified atom stereocenters. The molecule has 0 bridgehead atoms. The Morgan fingerprint density at radius 1 is 1.40 bits per heavy atom. The average Bonchev–Trinajstić information content (AvgIpc) is 2.98. The molecule has 0 radical (unpaired) electrons. The maximum atomic E-state index is 5.67. The largest absolute Gasteiger partial charge is 0.468 e. The van der Waals surface area contributed by atoms with Crippen molar-refractivity contribution in [1.29, 1.82) is 0 Å². The zero-order valence-electron chi connectivity index (χ0n) is 13.2. The Kier molecular flexibility index (Phi) is 4.89. The van der Waals surface area contributed by atoms with Crippen LogP contribution in [0.4, 0.5) is 0 Å². The Morgan fingerprint density at radius 3 is 2.75 bits per heavy atom. The van der Waals surface area contributed by atoms with Gasteiger partial charge in [0.15, 0.2) is 0 Å². The lowest BCUT2D eigenvalue weighted by Crippen LogP contribution is -2.48. The molecule has 1 atom stereocenters. The first-order chi connectivity index (χ1) is 9.39. The Labute approximate surface area is 122 Å². The van der Waals surface area contributed by atoms with E-state index in [4.69, 9.17) is 9.15 Å². The molecular formula is C16H28N2O2. The van der Waals surface area contributed by atoms with E-state index in [2.05, 4.69) is 38.0 Å². The fourth-order valence-electron chi connectivity index (χ4n) is 2.72. The van der Waals surface area contributed by atoms with Crippen LogP contribution in [0.2, 0.25) is 0 Å². The highest BCUT2D eigenvalue weighted by molar-refractivity contribution is 4.98. The van der Waals surface area contributed by atoms with Crippen molar-refractivity contribution in [1.82, 2.24) is 10.2 Å². The minimum Gasteiger partial charge on any atom is -0.468 e.